The van der Waals surface area contributed by atoms with Gasteiger partial charge >= 0.3 is 0 Å². The van der Waals surface area contributed by atoms with Crippen molar-refractivity contribution in [3.05, 3.63) is 35.5 Å². The molecule has 1 aromatic carbocycles. The molecule has 2 aliphatic heterocycles. The van der Waals surface area contributed by atoms with Crippen molar-refractivity contribution in [1.29, 1.82) is 0 Å². The summed E-state index contributed by atoms with van der Waals surface area (Å²) in [5, 5.41) is 3.97. The van der Waals surface area contributed by atoms with Gasteiger partial charge in [-0.2, -0.15) is 4.98 Å². The number of aryl methyl sites for hydroxylation is 1. The van der Waals surface area contributed by atoms with Gasteiger partial charge in [0.05, 0.1) is 5.92 Å². The molecule has 0 unspecified atom stereocenters. The van der Waals surface area contributed by atoms with Crippen LogP contribution in [0.3, 0.4) is 0 Å². The van der Waals surface area contributed by atoms with E-state index in [4.69, 9.17) is 14.0 Å². The third-order valence-corrected chi connectivity index (χ3v) is 4.65. The van der Waals surface area contributed by atoms with Crippen molar-refractivity contribution in [3.63, 3.8) is 0 Å². The Labute approximate surface area is 145 Å². The SMILES string of the molecule is CCc1noc([C@@H]2CCCN(C(=O)c3ccc4c(c3)OCCO4)C2)n1. The number of amides is 1. The van der Waals surface area contributed by atoms with Gasteiger partial charge in [0.2, 0.25) is 5.89 Å². The molecule has 1 aromatic heterocycles. The molecule has 0 aliphatic carbocycles. The topological polar surface area (TPSA) is 77.7 Å². The monoisotopic (exact) mass is 343 g/mol. The first kappa shape index (κ1) is 15.9. The normalized spacial score (nSPS) is 19.7. The largest absolute Gasteiger partial charge is 0.486 e. The smallest absolute Gasteiger partial charge is 0.254 e. The average molecular weight is 343 g/mol. The van der Waals surface area contributed by atoms with Gasteiger partial charge in [0, 0.05) is 25.1 Å². The van der Waals surface area contributed by atoms with Crippen LogP contribution in [0.25, 0.3) is 0 Å². The molecule has 2 aliphatic rings. The minimum atomic E-state index is -0.00287. The molecule has 25 heavy (non-hydrogen) atoms. The zero-order valence-corrected chi connectivity index (χ0v) is 14.2. The maximum Gasteiger partial charge on any atom is 0.254 e. The van der Waals surface area contributed by atoms with E-state index >= 15 is 0 Å². The second-order valence-corrected chi connectivity index (χ2v) is 6.35. The molecule has 7 heteroatoms. The fraction of sp³-hybridized carbons (Fsp3) is 0.500. The number of ether oxygens (including phenoxy) is 2. The van der Waals surface area contributed by atoms with Gasteiger partial charge in [-0.1, -0.05) is 12.1 Å². The van der Waals surface area contributed by atoms with Crippen LogP contribution in [0.15, 0.2) is 22.7 Å². The van der Waals surface area contributed by atoms with Crippen LogP contribution in [-0.4, -0.2) is 47.3 Å². The number of carbonyl (C=O) groups is 1. The Morgan fingerprint density at radius 1 is 1.28 bits per heavy atom. The van der Waals surface area contributed by atoms with Gasteiger partial charge in [0.1, 0.15) is 13.2 Å². The number of piperidine rings is 1. The van der Waals surface area contributed by atoms with Gasteiger partial charge in [-0.25, -0.2) is 0 Å². The first-order valence-corrected chi connectivity index (χ1v) is 8.76. The van der Waals surface area contributed by atoms with Crippen LogP contribution < -0.4 is 9.47 Å². The Hall–Kier alpha value is -2.57. The summed E-state index contributed by atoms with van der Waals surface area (Å²) in [5.74, 6) is 2.77. The van der Waals surface area contributed by atoms with Crippen LogP contribution in [-0.2, 0) is 6.42 Å². The number of likely N-dealkylation sites (tertiary alicyclic amines) is 1. The van der Waals surface area contributed by atoms with Crippen molar-refractivity contribution >= 4 is 5.91 Å². The van der Waals surface area contributed by atoms with Crippen molar-refractivity contribution in [2.75, 3.05) is 26.3 Å². The summed E-state index contributed by atoms with van der Waals surface area (Å²) in [4.78, 5) is 19.2. The van der Waals surface area contributed by atoms with E-state index in [1.807, 2.05) is 11.8 Å². The maximum absolute atomic E-state index is 12.9. The summed E-state index contributed by atoms with van der Waals surface area (Å²) >= 11 is 0. The molecule has 0 spiro atoms. The molecule has 0 N–H and O–H groups in total. The minimum absolute atomic E-state index is 0.00287. The van der Waals surface area contributed by atoms with Gasteiger partial charge < -0.3 is 18.9 Å². The van der Waals surface area contributed by atoms with Gasteiger partial charge in [-0.15, -0.1) is 0 Å². The molecule has 3 heterocycles. The van der Waals surface area contributed by atoms with E-state index in [0.29, 0.717) is 48.5 Å². The zero-order chi connectivity index (χ0) is 17.2. The summed E-state index contributed by atoms with van der Waals surface area (Å²) in [6, 6.07) is 5.36. The molecular formula is C18H21N3O4. The second-order valence-electron chi connectivity index (χ2n) is 6.35. The Bertz CT molecular complexity index is 773. The van der Waals surface area contributed by atoms with Crippen LogP contribution in [0.1, 0.15) is 47.8 Å². The maximum atomic E-state index is 12.9. The lowest BCUT2D eigenvalue weighted by Gasteiger charge is -2.31. The molecule has 0 radical (unpaired) electrons. The van der Waals surface area contributed by atoms with Crippen molar-refractivity contribution in [3.8, 4) is 11.5 Å². The third-order valence-electron chi connectivity index (χ3n) is 4.65. The number of rotatable bonds is 3. The van der Waals surface area contributed by atoms with Crippen molar-refractivity contribution in [1.82, 2.24) is 15.0 Å². The van der Waals surface area contributed by atoms with Crippen molar-refractivity contribution < 1.29 is 18.8 Å². The van der Waals surface area contributed by atoms with Crippen LogP contribution in [0.2, 0.25) is 0 Å². The number of nitrogens with zero attached hydrogens (tertiary/aromatic N) is 3. The molecule has 4 rings (SSSR count). The Kier molecular flexibility index (Phi) is 4.29. The summed E-state index contributed by atoms with van der Waals surface area (Å²) in [6.07, 6.45) is 2.62. The fourth-order valence-corrected chi connectivity index (χ4v) is 3.30. The number of aromatic nitrogens is 2. The zero-order valence-electron chi connectivity index (χ0n) is 14.2. The molecular weight excluding hydrogens is 322 g/mol. The number of carbonyl (C=O) groups excluding carboxylic acids is 1. The van der Waals surface area contributed by atoms with Crippen LogP contribution >= 0.6 is 0 Å². The van der Waals surface area contributed by atoms with Crippen LogP contribution in [0.5, 0.6) is 11.5 Å². The molecule has 1 amide bonds. The molecule has 7 nitrogen and oxygen atoms in total. The van der Waals surface area contributed by atoms with Crippen LogP contribution in [0.4, 0.5) is 0 Å². The summed E-state index contributed by atoms with van der Waals surface area (Å²) < 4.78 is 16.5. The Balaban J connectivity index is 1.49. The summed E-state index contributed by atoms with van der Waals surface area (Å²) in [7, 11) is 0. The van der Waals surface area contributed by atoms with E-state index in [-0.39, 0.29) is 11.8 Å². The van der Waals surface area contributed by atoms with E-state index in [0.717, 1.165) is 25.8 Å². The van der Waals surface area contributed by atoms with E-state index in [9.17, 15) is 4.79 Å². The average Bonchev–Trinajstić information content (AvgIpc) is 3.16. The number of benzene rings is 1. The molecule has 1 atom stereocenters. The highest BCUT2D eigenvalue weighted by Crippen LogP contribution is 2.32. The van der Waals surface area contributed by atoms with Crippen LogP contribution in [0, 0.1) is 0 Å². The quantitative estimate of drug-likeness (QED) is 0.852. The van der Waals surface area contributed by atoms with E-state index < -0.39 is 0 Å². The Morgan fingerprint density at radius 3 is 2.92 bits per heavy atom. The fourth-order valence-electron chi connectivity index (χ4n) is 3.30. The molecule has 0 bridgehead atoms. The van der Waals surface area contributed by atoms with E-state index in [1.54, 1.807) is 18.2 Å². The molecule has 2 aromatic rings. The van der Waals surface area contributed by atoms with Gasteiger partial charge in [-0.3, -0.25) is 4.79 Å². The number of hydrogen-bond acceptors (Lipinski definition) is 6. The lowest BCUT2D eigenvalue weighted by molar-refractivity contribution is 0.0694. The standard InChI is InChI=1S/C18H21N3O4/c1-2-16-19-17(25-20-16)13-4-3-7-21(11-13)18(22)12-5-6-14-15(10-12)24-9-8-23-14/h5-6,10,13H,2-4,7-9,11H2,1H3/t13-/m1/s1. The predicted octanol–water partition coefficient (Wildman–Crippen LogP) is 2.42. The van der Waals surface area contributed by atoms with E-state index in [2.05, 4.69) is 10.1 Å². The van der Waals surface area contributed by atoms with Gasteiger partial charge in [-0.05, 0) is 31.0 Å². The first-order chi connectivity index (χ1) is 12.2. The molecule has 1 saturated heterocycles. The number of hydrogen-bond donors (Lipinski definition) is 0. The van der Waals surface area contributed by atoms with Gasteiger partial charge in [0.15, 0.2) is 17.3 Å². The Morgan fingerprint density at radius 2 is 2.12 bits per heavy atom. The van der Waals surface area contributed by atoms with Gasteiger partial charge in [0.25, 0.3) is 5.91 Å². The summed E-state index contributed by atoms with van der Waals surface area (Å²) in [5.41, 5.74) is 0.615. The molecule has 132 valence electrons. The highest BCUT2D eigenvalue weighted by atomic mass is 16.6. The third kappa shape index (κ3) is 3.18. The molecule has 0 saturated carbocycles. The summed E-state index contributed by atoms with van der Waals surface area (Å²) in [6.45, 7) is 4.37. The highest BCUT2D eigenvalue weighted by molar-refractivity contribution is 5.95. The van der Waals surface area contributed by atoms with Crippen molar-refractivity contribution in [2.45, 2.75) is 32.1 Å². The minimum Gasteiger partial charge on any atom is -0.486 e. The highest BCUT2D eigenvalue weighted by Gasteiger charge is 2.29. The van der Waals surface area contributed by atoms with Crippen molar-refractivity contribution in [2.24, 2.45) is 0 Å². The lowest BCUT2D eigenvalue weighted by atomic mass is 9.97. The first-order valence-electron chi connectivity index (χ1n) is 8.76. The predicted molar refractivity (Wildman–Crippen MR) is 89.0 cm³/mol. The molecule has 1 fully saturated rings. The second kappa shape index (κ2) is 6.74. The number of fused-ring (bicyclic) bond motifs is 1. The van der Waals surface area contributed by atoms with E-state index in [1.165, 1.54) is 0 Å². The lowest BCUT2D eigenvalue weighted by Crippen LogP contribution is -2.39.